The second-order valence-corrected chi connectivity index (χ2v) is 3.11. The highest BCUT2D eigenvalue weighted by Crippen LogP contribution is 2.18. The van der Waals surface area contributed by atoms with Crippen LogP contribution in [0.3, 0.4) is 0 Å². The average molecular weight is 208 g/mol. The highest BCUT2D eigenvalue weighted by atomic mass is 16.5. The fourth-order valence-corrected chi connectivity index (χ4v) is 1.27. The molecule has 0 aromatic heterocycles. The third kappa shape index (κ3) is 2.07. The molecule has 5 heteroatoms. The zero-order valence-electron chi connectivity index (χ0n) is 8.53. The lowest BCUT2D eigenvalue weighted by Gasteiger charge is -2.08. The summed E-state index contributed by atoms with van der Waals surface area (Å²) in [5.74, 6) is -1.11. The van der Waals surface area contributed by atoms with Crippen LogP contribution in [0.4, 0.5) is 5.69 Å². The third-order valence-corrected chi connectivity index (χ3v) is 2.07. The molecule has 1 aromatic rings. The minimum atomic E-state index is -0.619. The van der Waals surface area contributed by atoms with E-state index in [1.165, 1.54) is 19.2 Å². The molecular formula is C10H12N2O3. The molecule has 0 heterocycles. The number of carbonyl (C=O) groups is 2. The van der Waals surface area contributed by atoms with Crippen molar-refractivity contribution in [3.05, 3.63) is 28.8 Å². The van der Waals surface area contributed by atoms with Gasteiger partial charge in [-0.1, -0.05) is 0 Å². The molecule has 0 fully saturated rings. The fraction of sp³-hybridized carbons (Fsp3) is 0.200. The molecule has 0 aliphatic carbocycles. The minimum absolute atomic E-state index is 0.175. The Balaban J connectivity index is 3.31. The molecular weight excluding hydrogens is 196 g/mol. The Morgan fingerprint density at radius 1 is 1.27 bits per heavy atom. The standard InChI is InChI=1S/C10H12N2O3/c1-5-3-7(9(12)13)8(11)4-6(5)10(14)15-2/h3-4H,11H2,1-2H3,(H2,12,13). The van der Waals surface area contributed by atoms with Gasteiger partial charge in [0.05, 0.1) is 18.2 Å². The number of rotatable bonds is 2. The van der Waals surface area contributed by atoms with Gasteiger partial charge in [0.15, 0.2) is 0 Å². The van der Waals surface area contributed by atoms with Crippen LogP contribution in [-0.4, -0.2) is 19.0 Å². The van der Waals surface area contributed by atoms with Crippen LogP contribution >= 0.6 is 0 Å². The molecule has 1 rings (SSSR count). The SMILES string of the molecule is COC(=O)c1cc(N)c(C(N)=O)cc1C. The van der Waals surface area contributed by atoms with Gasteiger partial charge in [-0.25, -0.2) is 4.79 Å². The van der Waals surface area contributed by atoms with Crippen molar-refractivity contribution in [1.29, 1.82) is 0 Å². The van der Waals surface area contributed by atoms with Gasteiger partial charge in [-0.15, -0.1) is 0 Å². The maximum Gasteiger partial charge on any atom is 0.338 e. The smallest absolute Gasteiger partial charge is 0.338 e. The topological polar surface area (TPSA) is 95.4 Å². The molecule has 5 nitrogen and oxygen atoms in total. The van der Waals surface area contributed by atoms with Crippen molar-refractivity contribution in [3.8, 4) is 0 Å². The summed E-state index contributed by atoms with van der Waals surface area (Å²) in [5, 5.41) is 0. The monoisotopic (exact) mass is 208 g/mol. The Morgan fingerprint density at radius 2 is 1.87 bits per heavy atom. The number of hydrogen-bond donors (Lipinski definition) is 2. The lowest BCUT2D eigenvalue weighted by molar-refractivity contribution is 0.0599. The quantitative estimate of drug-likeness (QED) is 0.545. The summed E-state index contributed by atoms with van der Waals surface area (Å²) in [4.78, 5) is 22.2. The van der Waals surface area contributed by atoms with Gasteiger partial charge in [0, 0.05) is 5.69 Å². The van der Waals surface area contributed by atoms with Crippen LogP contribution < -0.4 is 11.5 Å². The molecule has 0 aliphatic rings. The maximum absolute atomic E-state index is 11.3. The Labute approximate surface area is 87.0 Å². The zero-order valence-corrected chi connectivity index (χ0v) is 8.53. The molecule has 0 radical (unpaired) electrons. The van der Waals surface area contributed by atoms with Crippen LogP contribution in [0.15, 0.2) is 12.1 Å². The molecule has 0 atom stereocenters. The van der Waals surface area contributed by atoms with Crippen molar-refractivity contribution in [2.75, 3.05) is 12.8 Å². The van der Waals surface area contributed by atoms with Crippen molar-refractivity contribution in [3.63, 3.8) is 0 Å². The summed E-state index contributed by atoms with van der Waals surface area (Å²) < 4.78 is 4.56. The van der Waals surface area contributed by atoms with E-state index in [2.05, 4.69) is 4.74 Å². The van der Waals surface area contributed by atoms with Crippen LogP contribution in [0.1, 0.15) is 26.3 Å². The Bertz CT molecular complexity index is 427. The van der Waals surface area contributed by atoms with Crippen molar-refractivity contribution in [2.24, 2.45) is 5.73 Å². The summed E-state index contributed by atoms with van der Waals surface area (Å²) in [6.07, 6.45) is 0. The van der Waals surface area contributed by atoms with E-state index in [0.29, 0.717) is 11.1 Å². The number of anilines is 1. The molecule has 0 aliphatic heterocycles. The van der Waals surface area contributed by atoms with Gasteiger partial charge >= 0.3 is 5.97 Å². The van der Waals surface area contributed by atoms with E-state index in [9.17, 15) is 9.59 Å². The molecule has 4 N–H and O–H groups in total. The maximum atomic E-state index is 11.3. The summed E-state index contributed by atoms with van der Waals surface area (Å²) >= 11 is 0. The van der Waals surface area contributed by atoms with Crippen LogP contribution in [0, 0.1) is 6.92 Å². The number of methoxy groups -OCH3 is 1. The third-order valence-electron chi connectivity index (χ3n) is 2.07. The van der Waals surface area contributed by atoms with Gasteiger partial charge in [0.1, 0.15) is 0 Å². The van der Waals surface area contributed by atoms with Crippen molar-refractivity contribution >= 4 is 17.6 Å². The predicted octanol–water partition coefficient (Wildman–Crippen LogP) is 0.463. The van der Waals surface area contributed by atoms with E-state index in [0.717, 1.165) is 0 Å². The van der Waals surface area contributed by atoms with Gasteiger partial charge in [-0.3, -0.25) is 4.79 Å². The first-order valence-corrected chi connectivity index (χ1v) is 4.25. The predicted molar refractivity (Wildman–Crippen MR) is 55.4 cm³/mol. The number of amides is 1. The van der Waals surface area contributed by atoms with Crippen LogP contribution in [0.5, 0.6) is 0 Å². The number of aryl methyl sites for hydroxylation is 1. The number of benzene rings is 1. The lowest BCUT2D eigenvalue weighted by Crippen LogP contribution is -2.15. The van der Waals surface area contributed by atoms with Gasteiger partial charge in [-0.2, -0.15) is 0 Å². The molecule has 80 valence electrons. The molecule has 1 amide bonds. The number of nitrogens with two attached hydrogens (primary N) is 2. The van der Waals surface area contributed by atoms with Crippen molar-refractivity contribution in [2.45, 2.75) is 6.92 Å². The van der Waals surface area contributed by atoms with Crippen molar-refractivity contribution in [1.82, 2.24) is 0 Å². The van der Waals surface area contributed by atoms with E-state index in [1.807, 2.05) is 0 Å². The van der Waals surface area contributed by atoms with E-state index in [-0.39, 0.29) is 11.3 Å². The largest absolute Gasteiger partial charge is 0.465 e. The first-order chi connectivity index (χ1) is 6.97. The number of hydrogen-bond acceptors (Lipinski definition) is 4. The van der Waals surface area contributed by atoms with Crippen LogP contribution in [0.2, 0.25) is 0 Å². The molecule has 0 unspecified atom stereocenters. The fourth-order valence-electron chi connectivity index (χ4n) is 1.27. The number of primary amides is 1. The molecule has 15 heavy (non-hydrogen) atoms. The second kappa shape index (κ2) is 4.00. The Morgan fingerprint density at radius 3 is 2.33 bits per heavy atom. The average Bonchev–Trinajstić information content (AvgIpc) is 2.19. The normalized spacial score (nSPS) is 9.73. The van der Waals surface area contributed by atoms with Gasteiger partial charge in [0.25, 0.3) is 5.91 Å². The van der Waals surface area contributed by atoms with E-state index in [4.69, 9.17) is 11.5 Å². The second-order valence-electron chi connectivity index (χ2n) is 3.11. The zero-order chi connectivity index (χ0) is 11.6. The summed E-state index contributed by atoms with van der Waals surface area (Å²) in [5.41, 5.74) is 12.0. The molecule has 0 bridgehead atoms. The Hall–Kier alpha value is -2.04. The number of esters is 1. The van der Waals surface area contributed by atoms with E-state index >= 15 is 0 Å². The van der Waals surface area contributed by atoms with E-state index < -0.39 is 11.9 Å². The Kier molecular flexibility index (Phi) is 2.94. The highest BCUT2D eigenvalue weighted by molar-refractivity contribution is 6.01. The summed E-state index contributed by atoms with van der Waals surface area (Å²) in [6.45, 7) is 1.68. The first kappa shape index (κ1) is 11.0. The summed E-state index contributed by atoms with van der Waals surface area (Å²) in [6, 6.07) is 2.87. The molecule has 0 saturated heterocycles. The first-order valence-electron chi connectivity index (χ1n) is 4.25. The number of nitrogen functional groups attached to an aromatic ring is 1. The lowest BCUT2D eigenvalue weighted by atomic mass is 10.0. The highest BCUT2D eigenvalue weighted by Gasteiger charge is 2.14. The van der Waals surface area contributed by atoms with Gasteiger partial charge in [-0.05, 0) is 24.6 Å². The number of carbonyl (C=O) groups excluding carboxylic acids is 2. The minimum Gasteiger partial charge on any atom is -0.465 e. The molecule has 0 spiro atoms. The van der Waals surface area contributed by atoms with Gasteiger partial charge in [0.2, 0.25) is 0 Å². The van der Waals surface area contributed by atoms with Gasteiger partial charge < -0.3 is 16.2 Å². The van der Waals surface area contributed by atoms with Crippen LogP contribution in [-0.2, 0) is 4.74 Å². The molecule has 0 saturated carbocycles. The van der Waals surface area contributed by atoms with Crippen molar-refractivity contribution < 1.29 is 14.3 Å². The molecule has 1 aromatic carbocycles. The summed E-state index contributed by atoms with van der Waals surface area (Å²) in [7, 11) is 1.28. The number of ether oxygens (including phenoxy) is 1. The van der Waals surface area contributed by atoms with Crippen LogP contribution in [0.25, 0.3) is 0 Å². The van der Waals surface area contributed by atoms with E-state index in [1.54, 1.807) is 6.92 Å².